The summed E-state index contributed by atoms with van der Waals surface area (Å²) < 4.78 is 11.2. The molecule has 31 heavy (non-hydrogen) atoms. The van der Waals surface area contributed by atoms with E-state index in [9.17, 15) is 4.79 Å². The Morgan fingerprint density at radius 3 is 2.81 bits per heavy atom. The number of hydrogen-bond acceptors (Lipinski definition) is 6. The number of pyridine rings is 1. The predicted molar refractivity (Wildman–Crippen MR) is 118 cm³/mol. The van der Waals surface area contributed by atoms with Crippen LogP contribution in [0.25, 0.3) is 11.3 Å². The first-order chi connectivity index (χ1) is 15.1. The molecule has 0 aliphatic carbocycles. The fraction of sp³-hybridized carbons (Fsp3) is 0.400. The molecule has 6 nitrogen and oxygen atoms in total. The highest BCUT2D eigenvalue weighted by Gasteiger charge is 2.44. The Morgan fingerprint density at radius 1 is 1.23 bits per heavy atom. The molecule has 0 N–H and O–H groups in total. The number of piperidine rings is 1. The number of hydrogen-bond donors (Lipinski definition) is 0. The molecular formula is C25H29N3O3. The highest BCUT2D eigenvalue weighted by molar-refractivity contribution is 5.78. The number of carbonyl (C=O) groups excluding carboxylic acids is 1. The van der Waals surface area contributed by atoms with Crippen molar-refractivity contribution in [3.05, 3.63) is 71.7 Å². The molecule has 0 amide bonds. The van der Waals surface area contributed by atoms with E-state index in [0.29, 0.717) is 19.6 Å². The van der Waals surface area contributed by atoms with Crippen molar-refractivity contribution in [1.82, 2.24) is 15.0 Å². The Hall–Kier alpha value is -2.99. The molecule has 1 aliphatic heterocycles. The normalized spacial score (nSPS) is 19.3. The lowest BCUT2D eigenvalue weighted by molar-refractivity contribution is -0.159. The maximum absolute atomic E-state index is 13.1. The molecule has 4 rings (SSSR count). The maximum atomic E-state index is 13.1. The van der Waals surface area contributed by atoms with E-state index >= 15 is 0 Å². The summed E-state index contributed by atoms with van der Waals surface area (Å²) in [5.74, 6) is 0.570. The number of esters is 1. The summed E-state index contributed by atoms with van der Waals surface area (Å²) in [6.07, 6.45) is 5.80. The van der Waals surface area contributed by atoms with E-state index < -0.39 is 5.41 Å². The van der Waals surface area contributed by atoms with Gasteiger partial charge in [-0.15, -0.1) is 0 Å². The Kier molecular flexibility index (Phi) is 6.47. The zero-order valence-electron chi connectivity index (χ0n) is 18.2. The molecule has 0 spiro atoms. The summed E-state index contributed by atoms with van der Waals surface area (Å²) in [6, 6.07) is 14.1. The highest BCUT2D eigenvalue weighted by Crippen LogP contribution is 2.37. The van der Waals surface area contributed by atoms with Gasteiger partial charge in [-0.25, -0.2) is 0 Å². The highest BCUT2D eigenvalue weighted by atomic mass is 16.5. The first-order valence-electron chi connectivity index (χ1n) is 10.9. The monoisotopic (exact) mass is 419 g/mol. The van der Waals surface area contributed by atoms with Gasteiger partial charge in [0.15, 0.2) is 0 Å². The second-order valence-electron chi connectivity index (χ2n) is 8.34. The predicted octanol–water partition coefficient (Wildman–Crippen LogP) is 4.43. The van der Waals surface area contributed by atoms with Crippen LogP contribution in [-0.4, -0.2) is 40.7 Å². The number of benzene rings is 1. The van der Waals surface area contributed by atoms with Gasteiger partial charge in [-0.3, -0.25) is 14.7 Å². The van der Waals surface area contributed by atoms with E-state index in [0.717, 1.165) is 48.5 Å². The summed E-state index contributed by atoms with van der Waals surface area (Å²) in [5.41, 5.74) is 3.55. The summed E-state index contributed by atoms with van der Waals surface area (Å²) >= 11 is 0. The van der Waals surface area contributed by atoms with Gasteiger partial charge < -0.3 is 9.26 Å². The minimum atomic E-state index is -0.635. The van der Waals surface area contributed by atoms with Crippen LogP contribution in [0.2, 0.25) is 0 Å². The second kappa shape index (κ2) is 9.43. The average Bonchev–Trinajstić information content (AvgIpc) is 3.23. The largest absolute Gasteiger partial charge is 0.466 e. The average molecular weight is 420 g/mol. The molecule has 6 heteroatoms. The van der Waals surface area contributed by atoms with Crippen molar-refractivity contribution in [2.24, 2.45) is 5.41 Å². The van der Waals surface area contributed by atoms with Gasteiger partial charge in [0, 0.05) is 43.5 Å². The molecule has 2 aromatic heterocycles. The first-order valence-corrected chi connectivity index (χ1v) is 10.9. The molecule has 1 aromatic carbocycles. The van der Waals surface area contributed by atoms with Crippen molar-refractivity contribution in [3.63, 3.8) is 0 Å². The van der Waals surface area contributed by atoms with Crippen LogP contribution in [0.4, 0.5) is 0 Å². The number of carbonyl (C=O) groups is 1. The SMILES string of the molecule is CCOC(=O)[C@@]1(Cc2cc(-c3ccccc3C)no2)CCCN(Cc2ccncc2)C1. The molecule has 1 saturated heterocycles. The van der Waals surface area contributed by atoms with Crippen molar-refractivity contribution in [2.45, 2.75) is 39.7 Å². The molecule has 1 aliphatic rings. The van der Waals surface area contributed by atoms with Crippen LogP contribution in [0.1, 0.15) is 36.7 Å². The molecule has 0 saturated carbocycles. The van der Waals surface area contributed by atoms with Gasteiger partial charge >= 0.3 is 5.97 Å². The van der Waals surface area contributed by atoms with Crippen LogP contribution in [0.15, 0.2) is 59.4 Å². The zero-order chi connectivity index (χ0) is 21.7. The third-order valence-corrected chi connectivity index (χ3v) is 6.01. The van der Waals surface area contributed by atoms with Crippen LogP contribution in [0.5, 0.6) is 0 Å². The third kappa shape index (κ3) is 4.85. The Morgan fingerprint density at radius 2 is 2.03 bits per heavy atom. The molecule has 1 fully saturated rings. The van der Waals surface area contributed by atoms with Crippen molar-refractivity contribution in [3.8, 4) is 11.3 Å². The number of aryl methyl sites for hydroxylation is 1. The van der Waals surface area contributed by atoms with E-state index in [4.69, 9.17) is 9.26 Å². The van der Waals surface area contributed by atoms with Gasteiger partial charge in [-0.05, 0) is 56.5 Å². The fourth-order valence-corrected chi connectivity index (χ4v) is 4.49. The first kappa shape index (κ1) is 21.2. The van der Waals surface area contributed by atoms with Crippen LogP contribution < -0.4 is 0 Å². The number of ether oxygens (including phenoxy) is 1. The van der Waals surface area contributed by atoms with Crippen LogP contribution in [0, 0.1) is 12.3 Å². The lowest BCUT2D eigenvalue weighted by Gasteiger charge is -2.40. The topological polar surface area (TPSA) is 68.5 Å². The minimum absolute atomic E-state index is 0.150. The smallest absolute Gasteiger partial charge is 0.313 e. The van der Waals surface area contributed by atoms with E-state index in [1.807, 2.05) is 43.3 Å². The van der Waals surface area contributed by atoms with Gasteiger partial charge in [0.05, 0.1) is 12.0 Å². The fourth-order valence-electron chi connectivity index (χ4n) is 4.49. The summed E-state index contributed by atoms with van der Waals surface area (Å²) in [6.45, 7) is 6.66. The quantitative estimate of drug-likeness (QED) is 0.528. The van der Waals surface area contributed by atoms with E-state index in [2.05, 4.69) is 28.0 Å². The Balaban J connectivity index is 1.56. The van der Waals surface area contributed by atoms with Crippen LogP contribution >= 0.6 is 0 Å². The van der Waals surface area contributed by atoms with Gasteiger partial charge in [-0.1, -0.05) is 29.4 Å². The molecule has 1 atom stereocenters. The lowest BCUT2D eigenvalue weighted by Crippen LogP contribution is -2.49. The lowest BCUT2D eigenvalue weighted by atomic mass is 9.76. The number of nitrogens with zero attached hydrogens (tertiary/aromatic N) is 3. The number of aromatic nitrogens is 2. The van der Waals surface area contributed by atoms with Gasteiger partial charge in [-0.2, -0.15) is 0 Å². The molecular weight excluding hydrogens is 390 g/mol. The van der Waals surface area contributed by atoms with Gasteiger partial charge in [0.1, 0.15) is 11.5 Å². The van der Waals surface area contributed by atoms with Crippen molar-refractivity contribution in [2.75, 3.05) is 19.7 Å². The molecule has 3 heterocycles. The van der Waals surface area contributed by atoms with E-state index in [1.54, 1.807) is 12.4 Å². The standard InChI is InChI=1S/C25H29N3O3/c1-3-30-24(29)25(11-6-14-28(18-25)17-20-9-12-26-13-10-20)16-21-15-23(27-31-21)22-8-5-4-7-19(22)2/h4-5,7-10,12-13,15H,3,6,11,14,16-18H2,1-2H3/t25-/m1/s1. The molecule has 0 bridgehead atoms. The van der Waals surface area contributed by atoms with E-state index in [-0.39, 0.29) is 5.97 Å². The number of rotatable bonds is 7. The second-order valence-corrected chi connectivity index (χ2v) is 8.34. The van der Waals surface area contributed by atoms with Crippen LogP contribution in [0.3, 0.4) is 0 Å². The Bertz CT molecular complexity index is 1020. The number of likely N-dealkylation sites (tertiary alicyclic amines) is 1. The summed E-state index contributed by atoms with van der Waals surface area (Å²) in [4.78, 5) is 19.6. The zero-order valence-corrected chi connectivity index (χ0v) is 18.2. The third-order valence-electron chi connectivity index (χ3n) is 6.01. The van der Waals surface area contributed by atoms with Crippen LogP contribution in [-0.2, 0) is 22.5 Å². The van der Waals surface area contributed by atoms with Crippen molar-refractivity contribution in [1.29, 1.82) is 0 Å². The maximum Gasteiger partial charge on any atom is 0.313 e. The van der Waals surface area contributed by atoms with Crippen molar-refractivity contribution < 1.29 is 14.1 Å². The van der Waals surface area contributed by atoms with Gasteiger partial charge in [0.2, 0.25) is 0 Å². The summed E-state index contributed by atoms with van der Waals surface area (Å²) in [7, 11) is 0. The minimum Gasteiger partial charge on any atom is -0.466 e. The Labute approximate surface area is 183 Å². The summed E-state index contributed by atoms with van der Waals surface area (Å²) in [5, 5.41) is 4.29. The molecule has 162 valence electrons. The molecule has 0 unspecified atom stereocenters. The molecule has 0 radical (unpaired) electrons. The molecule has 3 aromatic rings. The van der Waals surface area contributed by atoms with Crippen molar-refractivity contribution >= 4 is 5.97 Å². The van der Waals surface area contributed by atoms with E-state index in [1.165, 1.54) is 5.56 Å². The van der Waals surface area contributed by atoms with Gasteiger partial charge in [0.25, 0.3) is 0 Å².